The summed E-state index contributed by atoms with van der Waals surface area (Å²) in [7, 11) is 0. The lowest BCUT2D eigenvalue weighted by molar-refractivity contribution is -0.0261. The summed E-state index contributed by atoms with van der Waals surface area (Å²) in [5.41, 5.74) is 1.51. The number of hydrogen-bond acceptors (Lipinski definition) is 1. The van der Waals surface area contributed by atoms with E-state index >= 15 is 0 Å². The van der Waals surface area contributed by atoms with Crippen molar-refractivity contribution in [2.75, 3.05) is 19.6 Å². The van der Waals surface area contributed by atoms with Gasteiger partial charge in [0.2, 0.25) is 0 Å². The largest absolute Gasteiger partial charge is 0.303 e. The SMILES string of the molecule is CCCC(C)CC1CC2(CCN(CC3(CC(C)C)CC3)CC2)C1. The van der Waals surface area contributed by atoms with Crippen LogP contribution in [0.3, 0.4) is 0 Å². The van der Waals surface area contributed by atoms with Gasteiger partial charge in [0.1, 0.15) is 0 Å². The first-order chi connectivity index (χ1) is 10.9. The van der Waals surface area contributed by atoms with Crippen molar-refractivity contribution < 1.29 is 0 Å². The Morgan fingerprint density at radius 3 is 2.17 bits per heavy atom. The molecule has 0 radical (unpaired) electrons. The van der Waals surface area contributed by atoms with Crippen molar-refractivity contribution in [3.8, 4) is 0 Å². The van der Waals surface area contributed by atoms with E-state index in [-0.39, 0.29) is 0 Å². The van der Waals surface area contributed by atoms with E-state index in [1.807, 2.05) is 0 Å². The Morgan fingerprint density at radius 1 is 1.00 bits per heavy atom. The van der Waals surface area contributed by atoms with Crippen LogP contribution in [-0.2, 0) is 0 Å². The number of rotatable bonds is 8. The fourth-order valence-electron chi connectivity index (χ4n) is 6.05. The Labute approximate surface area is 145 Å². The molecule has 0 aromatic rings. The molecule has 134 valence electrons. The van der Waals surface area contributed by atoms with Gasteiger partial charge in [-0.05, 0) is 93.0 Å². The van der Waals surface area contributed by atoms with Gasteiger partial charge in [-0.25, -0.2) is 0 Å². The average molecular weight is 320 g/mol. The molecular formula is C22H41N. The third-order valence-electron chi connectivity index (χ3n) is 7.23. The molecule has 1 nitrogen and oxygen atoms in total. The van der Waals surface area contributed by atoms with Gasteiger partial charge in [-0.15, -0.1) is 0 Å². The minimum absolute atomic E-state index is 0.733. The molecule has 1 spiro atoms. The third-order valence-corrected chi connectivity index (χ3v) is 7.23. The highest BCUT2D eigenvalue weighted by atomic mass is 15.1. The summed E-state index contributed by atoms with van der Waals surface area (Å²) < 4.78 is 0. The van der Waals surface area contributed by atoms with Crippen molar-refractivity contribution in [2.24, 2.45) is 28.6 Å². The van der Waals surface area contributed by atoms with Gasteiger partial charge in [-0.1, -0.05) is 40.5 Å². The fraction of sp³-hybridized carbons (Fsp3) is 1.00. The van der Waals surface area contributed by atoms with Gasteiger partial charge >= 0.3 is 0 Å². The molecule has 2 aliphatic carbocycles. The van der Waals surface area contributed by atoms with Crippen LogP contribution in [-0.4, -0.2) is 24.5 Å². The number of likely N-dealkylation sites (tertiary alicyclic amines) is 1. The van der Waals surface area contributed by atoms with Crippen LogP contribution in [0.5, 0.6) is 0 Å². The first-order valence-corrected chi connectivity index (χ1v) is 10.7. The Hall–Kier alpha value is -0.0400. The van der Waals surface area contributed by atoms with Gasteiger partial charge in [-0.2, -0.15) is 0 Å². The van der Waals surface area contributed by atoms with Crippen LogP contribution in [0.25, 0.3) is 0 Å². The molecule has 1 unspecified atom stereocenters. The molecule has 23 heavy (non-hydrogen) atoms. The molecule has 2 saturated carbocycles. The molecule has 1 heteroatoms. The average Bonchev–Trinajstić information content (AvgIpc) is 3.18. The highest BCUT2D eigenvalue weighted by Gasteiger charge is 2.48. The summed E-state index contributed by atoms with van der Waals surface area (Å²) in [6.45, 7) is 13.8. The Kier molecular flexibility index (Phi) is 5.46. The van der Waals surface area contributed by atoms with E-state index < -0.39 is 0 Å². The molecular weight excluding hydrogens is 278 g/mol. The standard InChI is InChI=1S/C22H41N/c1-5-6-19(4)13-20-15-21(16-20)9-11-23(12-10-21)17-22(7-8-22)14-18(2)3/h18-20H,5-17H2,1-4H3. The lowest BCUT2D eigenvalue weighted by atomic mass is 9.56. The fourth-order valence-corrected chi connectivity index (χ4v) is 6.05. The van der Waals surface area contributed by atoms with Crippen LogP contribution in [0, 0.1) is 28.6 Å². The van der Waals surface area contributed by atoms with Gasteiger partial charge in [0, 0.05) is 6.54 Å². The molecule has 0 bridgehead atoms. The maximum atomic E-state index is 2.83. The highest BCUT2D eigenvalue weighted by Crippen LogP contribution is 2.56. The highest BCUT2D eigenvalue weighted by molar-refractivity contribution is 5.00. The topological polar surface area (TPSA) is 3.24 Å². The Balaban J connectivity index is 1.37. The summed E-state index contributed by atoms with van der Waals surface area (Å²) in [5, 5.41) is 0. The molecule has 1 aliphatic heterocycles. The van der Waals surface area contributed by atoms with Gasteiger partial charge in [0.15, 0.2) is 0 Å². The van der Waals surface area contributed by atoms with Crippen LogP contribution in [0.15, 0.2) is 0 Å². The number of nitrogens with zero attached hydrogens (tertiary/aromatic N) is 1. The van der Waals surface area contributed by atoms with Gasteiger partial charge in [0.25, 0.3) is 0 Å². The zero-order valence-electron chi connectivity index (χ0n) is 16.4. The van der Waals surface area contributed by atoms with Crippen molar-refractivity contribution in [3.63, 3.8) is 0 Å². The smallest absolute Gasteiger partial charge is 0.00381 e. The van der Waals surface area contributed by atoms with Crippen LogP contribution in [0.2, 0.25) is 0 Å². The van der Waals surface area contributed by atoms with Gasteiger partial charge in [-0.3, -0.25) is 0 Å². The molecule has 0 N–H and O–H groups in total. The van der Waals surface area contributed by atoms with E-state index in [1.54, 1.807) is 12.8 Å². The summed E-state index contributed by atoms with van der Waals surface area (Å²) in [4.78, 5) is 2.83. The van der Waals surface area contributed by atoms with Gasteiger partial charge < -0.3 is 4.90 Å². The predicted octanol–water partition coefficient (Wildman–Crippen LogP) is 6.13. The van der Waals surface area contributed by atoms with Gasteiger partial charge in [0.05, 0.1) is 0 Å². The molecule has 1 atom stereocenters. The molecule has 0 aromatic heterocycles. The normalized spacial score (nSPS) is 28.0. The molecule has 1 saturated heterocycles. The second kappa shape index (κ2) is 7.06. The minimum Gasteiger partial charge on any atom is -0.303 e. The van der Waals surface area contributed by atoms with Crippen molar-refractivity contribution in [2.45, 2.75) is 91.9 Å². The van der Waals surface area contributed by atoms with Crippen LogP contribution >= 0.6 is 0 Å². The Bertz CT molecular complexity index is 365. The zero-order chi connectivity index (χ0) is 16.5. The van der Waals surface area contributed by atoms with E-state index in [2.05, 4.69) is 32.6 Å². The van der Waals surface area contributed by atoms with Crippen LogP contribution < -0.4 is 0 Å². The summed E-state index contributed by atoms with van der Waals surface area (Å²) in [6.07, 6.45) is 14.9. The second-order valence-corrected chi connectivity index (χ2v) is 10.3. The first kappa shape index (κ1) is 17.8. The predicted molar refractivity (Wildman–Crippen MR) is 101 cm³/mol. The molecule has 1 heterocycles. The van der Waals surface area contributed by atoms with Crippen molar-refractivity contribution in [3.05, 3.63) is 0 Å². The number of piperidine rings is 1. The van der Waals surface area contributed by atoms with Crippen molar-refractivity contribution in [1.82, 2.24) is 4.90 Å². The lowest BCUT2D eigenvalue weighted by Crippen LogP contribution is -2.48. The van der Waals surface area contributed by atoms with E-state index in [0.717, 1.165) is 28.6 Å². The van der Waals surface area contributed by atoms with E-state index in [4.69, 9.17) is 0 Å². The Morgan fingerprint density at radius 2 is 1.65 bits per heavy atom. The molecule has 3 fully saturated rings. The van der Waals surface area contributed by atoms with Crippen molar-refractivity contribution >= 4 is 0 Å². The zero-order valence-corrected chi connectivity index (χ0v) is 16.4. The summed E-state index contributed by atoms with van der Waals surface area (Å²) >= 11 is 0. The van der Waals surface area contributed by atoms with Crippen molar-refractivity contribution in [1.29, 1.82) is 0 Å². The maximum Gasteiger partial charge on any atom is 0.00381 e. The molecule has 3 aliphatic rings. The minimum atomic E-state index is 0.733. The summed E-state index contributed by atoms with van der Waals surface area (Å²) in [6, 6.07) is 0. The first-order valence-electron chi connectivity index (χ1n) is 10.7. The third kappa shape index (κ3) is 4.53. The van der Waals surface area contributed by atoms with E-state index in [9.17, 15) is 0 Å². The van der Waals surface area contributed by atoms with E-state index in [1.165, 1.54) is 71.0 Å². The summed E-state index contributed by atoms with van der Waals surface area (Å²) in [5.74, 6) is 2.91. The molecule has 0 aromatic carbocycles. The molecule has 0 amide bonds. The molecule has 3 rings (SSSR count). The maximum absolute atomic E-state index is 2.83. The number of hydrogen-bond donors (Lipinski definition) is 0. The van der Waals surface area contributed by atoms with E-state index in [0.29, 0.717) is 0 Å². The quantitative estimate of drug-likeness (QED) is 0.520. The lowest BCUT2D eigenvalue weighted by Gasteiger charge is -2.53. The monoisotopic (exact) mass is 319 g/mol. The van der Waals surface area contributed by atoms with Crippen LogP contribution in [0.4, 0.5) is 0 Å². The van der Waals surface area contributed by atoms with Crippen LogP contribution in [0.1, 0.15) is 91.9 Å². The second-order valence-electron chi connectivity index (χ2n) is 10.3.